The fourth-order valence-electron chi connectivity index (χ4n) is 4.78. The second-order valence-corrected chi connectivity index (χ2v) is 13.6. The number of fused-ring (bicyclic) bond motifs is 2. The summed E-state index contributed by atoms with van der Waals surface area (Å²) in [6.45, 7) is 20.5. The summed E-state index contributed by atoms with van der Waals surface area (Å²) in [6.07, 6.45) is 6.54. The molecule has 0 bridgehead atoms. The van der Waals surface area contributed by atoms with E-state index in [9.17, 15) is 8.78 Å². The molecule has 2 heterocycles. The fourth-order valence-corrected chi connectivity index (χ4v) is 4.95. The molecule has 0 unspecified atom stereocenters. The van der Waals surface area contributed by atoms with E-state index >= 15 is 0 Å². The van der Waals surface area contributed by atoms with Crippen LogP contribution < -0.4 is 21.3 Å². The number of hydrogen-bond acceptors (Lipinski definition) is 6. The fraction of sp³-hybridized carbons (Fsp3) is 0.486. The van der Waals surface area contributed by atoms with Crippen LogP contribution in [-0.2, 0) is 6.42 Å². The first-order valence-corrected chi connectivity index (χ1v) is 15.9. The zero-order chi connectivity index (χ0) is 32.5. The highest BCUT2D eigenvalue weighted by Crippen LogP contribution is 2.29. The largest absolute Gasteiger partial charge is 0.384 e. The molecule has 2 aromatic heterocycles. The maximum absolute atomic E-state index is 14.1. The molecule has 9 heteroatoms. The van der Waals surface area contributed by atoms with E-state index in [-0.39, 0.29) is 11.1 Å². The van der Waals surface area contributed by atoms with Crippen LogP contribution in [0.1, 0.15) is 72.4 Å². The molecule has 44 heavy (non-hydrogen) atoms. The SMILES string of the molecule is CCc1cnc2cc(Cl)ccc2c1NCCCNC(C)(C)C.Cc1cnc2cc(F)cc(F)c2c1NCCCNC(C)(C)C. The van der Waals surface area contributed by atoms with Gasteiger partial charge in [-0.1, -0.05) is 18.5 Å². The number of aromatic nitrogens is 2. The molecule has 0 atom stereocenters. The first-order chi connectivity index (χ1) is 20.7. The molecule has 2 aromatic carbocycles. The molecule has 0 aliphatic heterocycles. The molecule has 0 saturated carbocycles. The minimum atomic E-state index is -0.610. The Hall–Kier alpha value is -3.07. The maximum atomic E-state index is 14.1. The van der Waals surface area contributed by atoms with Gasteiger partial charge < -0.3 is 21.3 Å². The van der Waals surface area contributed by atoms with Gasteiger partial charge in [0.2, 0.25) is 0 Å². The number of nitrogens with one attached hydrogen (secondary N) is 4. The summed E-state index contributed by atoms with van der Waals surface area (Å²) in [7, 11) is 0. The van der Waals surface area contributed by atoms with E-state index < -0.39 is 11.6 Å². The van der Waals surface area contributed by atoms with Gasteiger partial charge in [-0.15, -0.1) is 0 Å². The van der Waals surface area contributed by atoms with E-state index in [1.807, 2.05) is 25.3 Å². The first-order valence-electron chi connectivity index (χ1n) is 15.5. The Morgan fingerprint density at radius 2 is 1.34 bits per heavy atom. The second kappa shape index (κ2) is 15.8. The van der Waals surface area contributed by atoms with Crippen molar-refractivity contribution in [2.45, 2.75) is 85.7 Å². The van der Waals surface area contributed by atoms with Crippen LogP contribution in [0.5, 0.6) is 0 Å². The quantitative estimate of drug-likeness (QED) is 0.125. The van der Waals surface area contributed by atoms with E-state index in [0.29, 0.717) is 23.1 Å². The van der Waals surface area contributed by atoms with Gasteiger partial charge in [0.05, 0.1) is 22.1 Å². The standard InChI is InChI=1S/C18H26ClN3.C17H23F2N3/c1-5-13-12-21-16-11-14(19)7-8-15(16)17(13)20-9-6-10-22-18(2,3)4;1-11-10-21-14-9-12(18)8-13(19)15(14)16(11)20-6-5-7-22-17(2,3)4/h7-8,11-12,22H,5-6,9-10H2,1-4H3,(H,20,21);8-10,22H,5-7H2,1-4H3,(H,20,21). The van der Waals surface area contributed by atoms with Gasteiger partial charge in [-0.25, -0.2) is 8.78 Å². The van der Waals surface area contributed by atoms with Crippen molar-refractivity contribution >= 4 is 44.8 Å². The third kappa shape index (κ3) is 10.8. The van der Waals surface area contributed by atoms with Gasteiger partial charge in [-0.05, 0) is 110 Å². The summed E-state index contributed by atoms with van der Waals surface area (Å²) < 4.78 is 27.4. The molecule has 240 valence electrons. The first kappa shape index (κ1) is 35.4. The molecule has 0 spiro atoms. The lowest BCUT2D eigenvalue weighted by molar-refractivity contribution is 0.424. The van der Waals surface area contributed by atoms with Crippen LogP contribution in [0.25, 0.3) is 21.8 Å². The normalized spacial score (nSPS) is 11.9. The van der Waals surface area contributed by atoms with Gasteiger partial charge in [-0.3, -0.25) is 9.97 Å². The Kier molecular flexibility index (Phi) is 12.7. The van der Waals surface area contributed by atoms with E-state index in [4.69, 9.17) is 11.6 Å². The van der Waals surface area contributed by atoms with Gasteiger partial charge >= 0.3 is 0 Å². The molecule has 0 fully saturated rings. The van der Waals surface area contributed by atoms with Crippen LogP contribution in [0.15, 0.2) is 42.7 Å². The number of hydrogen-bond donors (Lipinski definition) is 4. The van der Waals surface area contributed by atoms with Crippen LogP contribution in [-0.4, -0.2) is 47.2 Å². The van der Waals surface area contributed by atoms with Gasteiger partial charge in [0.25, 0.3) is 0 Å². The maximum Gasteiger partial charge on any atom is 0.137 e. The molecule has 0 saturated heterocycles. The molecule has 4 aromatic rings. The topological polar surface area (TPSA) is 73.9 Å². The highest BCUT2D eigenvalue weighted by atomic mass is 35.5. The Balaban J connectivity index is 0.000000240. The van der Waals surface area contributed by atoms with Crippen molar-refractivity contribution in [2.75, 3.05) is 36.8 Å². The summed E-state index contributed by atoms with van der Waals surface area (Å²) in [5.41, 5.74) is 5.52. The number of anilines is 2. The van der Waals surface area contributed by atoms with Gasteiger partial charge in [0, 0.05) is 64.8 Å². The summed E-state index contributed by atoms with van der Waals surface area (Å²) in [5.74, 6) is -1.19. The predicted octanol–water partition coefficient (Wildman–Crippen LogP) is 8.65. The number of rotatable bonds is 11. The molecule has 4 N–H and O–H groups in total. The predicted molar refractivity (Wildman–Crippen MR) is 184 cm³/mol. The molecule has 4 rings (SSSR count). The van der Waals surface area contributed by atoms with Crippen molar-refractivity contribution in [3.05, 3.63) is 70.5 Å². The molecular weight excluding hydrogens is 578 g/mol. The highest BCUT2D eigenvalue weighted by molar-refractivity contribution is 6.31. The number of pyridine rings is 2. The van der Waals surface area contributed by atoms with Gasteiger partial charge in [-0.2, -0.15) is 0 Å². The van der Waals surface area contributed by atoms with Gasteiger partial charge in [0.1, 0.15) is 11.6 Å². The van der Waals surface area contributed by atoms with Crippen molar-refractivity contribution in [2.24, 2.45) is 0 Å². The third-order valence-corrected chi connectivity index (χ3v) is 7.22. The number of halogens is 3. The van der Waals surface area contributed by atoms with Crippen molar-refractivity contribution < 1.29 is 8.78 Å². The van der Waals surface area contributed by atoms with Crippen LogP contribution in [0.2, 0.25) is 5.02 Å². The number of aryl methyl sites for hydroxylation is 2. The molecule has 0 amide bonds. The zero-order valence-electron chi connectivity index (χ0n) is 27.5. The Morgan fingerprint density at radius 1 is 0.750 bits per heavy atom. The Labute approximate surface area is 266 Å². The number of benzene rings is 2. The monoisotopic (exact) mass is 626 g/mol. The van der Waals surface area contributed by atoms with Crippen LogP contribution in [0.4, 0.5) is 20.2 Å². The van der Waals surface area contributed by atoms with Gasteiger partial charge in [0.15, 0.2) is 0 Å². The van der Waals surface area contributed by atoms with Crippen LogP contribution in [0.3, 0.4) is 0 Å². The highest BCUT2D eigenvalue weighted by Gasteiger charge is 2.13. The van der Waals surface area contributed by atoms with Crippen molar-refractivity contribution in [1.82, 2.24) is 20.6 Å². The Morgan fingerprint density at radius 3 is 1.93 bits per heavy atom. The lowest BCUT2D eigenvalue weighted by atomic mass is 10.1. The minimum Gasteiger partial charge on any atom is -0.384 e. The summed E-state index contributed by atoms with van der Waals surface area (Å²) >= 11 is 6.06. The molecule has 0 aliphatic carbocycles. The smallest absolute Gasteiger partial charge is 0.137 e. The van der Waals surface area contributed by atoms with Crippen molar-refractivity contribution in [1.29, 1.82) is 0 Å². The van der Waals surface area contributed by atoms with E-state index in [0.717, 1.165) is 66.5 Å². The minimum absolute atomic E-state index is 0.0862. The number of nitrogens with zero attached hydrogens (tertiary/aromatic N) is 2. The van der Waals surface area contributed by atoms with Crippen LogP contribution in [0, 0.1) is 18.6 Å². The van der Waals surface area contributed by atoms with E-state index in [1.54, 1.807) is 6.20 Å². The zero-order valence-corrected chi connectivity index (χ0v) is 28.3. The average molecular weight is 627 g/mol. The summed E-state index contributed by atoms with van der Waals surface area (Å²) in [6, 6.07) is 8.06. The summed E-state index contributed by atoms with van der Waals surface area (Å²) in [4.78, 5) is 8.62. The molecule has 0 radical (unpaired) electrons. The summed E-state index contributed by atoms with van der Waals surface area (Å²) in [5, 5.41) is 16.0. The van der Waals surface area contributed by atoms with Crippen LogP contribution >= 0.6 is 11.6 Å². The molecule has 6 nitrogen and oxygen atoms in total. The molecule has 0 aliphatic rings. The Bertz CT molecular complexity index is 1530. The second-order valence-electron chi connectivity index (χ2n) is 13.2. The van der Waals surface area contributed by atoms with E-state index in [2.05, 4.69) is 85.8 Å². The van der Waals surface area contributed by atoms with Crippen molar-refractivity contribution in [3.8, 4) is 0 Å². The third-order valence-electron chi connectivity index (χ3n) is 6.99. The van der Waals surface area contributed by atoms with E-state index in [1.165, 1.54) is 17.3 Å². The van der Waals surface area contributed by atoms with Crippen molar-refractivity contribution in [3.63, 3.8) is 0 Å². The lowest BCUT2D eigenvalue weighted by Gasteiger charge is -2.21. The molecular formula is C35H49ClF2N6. The lowest BCUT2D eigenvalue weighted by Crippen LogP contribution is -2.36. The average Bonchev–Trinajstić information content (AvgIpc) is 2.92.